The molecule has 0 aliphatic heterocycles. The van der Waals surface area contributed by atoms with Crippen molar-refractivity contribution in [3.63, 3.8) is 0 Å². The highest BCUT2D eigenvalue weighted by atomic mass is 35.5. The number of nitrogens with one attached hydrogen (secondary N) is 1. The number of halogens is 1. The van der Waals surface area contributed by atoms with E-state index in [4.69, 9.17) is 17.3 Å². The minimum Gasteiger partial charge on any atom is -0.365 e. The van der Waals surface area contributed by atoms with Crippen LogP contribution in [0.3, 0.4) is 0 Å². The van der Waals surface area contributed by atoms with Crippen molar-refractivity contribution in [2.75, 3.05) is 0 Å². The highest BCUT2D eigenvalue weighted by Gasteiger charge is 2.12. The number of hydrogen-bond acceptors (Lipinski definition) is 4. The van der Waals surface area contributed by atoms with Gasteiger partial charge in [0, 0.05) is 4.88 Å². The zero-order valence-corrected chi connectivity index (χ0v) is 10.1. The molecule has 0 saturated heterocycles. The van der Waals surface area contributed by atoms with Crippen LogP contribution in [-0.4, -0.2) is 11.0 Å². The van der Waals surface area contributed by atoms with Crippen molar-refractivity contribution in [3.05, 3.63) is 31.5 Å². The van der Waals surface area contributed by atoms with Gasteiger partial charge in [-0.3, -0.25) is 0 Å². The van der Waals surface area contributed by atoms with E-state index in [0.29, 0.717) is 10.8 Å². The molecule has 3 N–H and O–H groups in total. The Balaban J connectivity index is 2.79. The molecule has 88 valence electrons. The first-order valence-electron chi connectivity index (χ1n) is 4.52. The Hall–Kier alpha value is -1.34. The molecule has 0 aliphatic rings. The molecule has 0 amide bonds. The Morgan fingerprint density at radius 2 is 2.50 bits per heavy atom. The number of hydrazine groups is 1. The molecule has 8 heteroatoms. The van der Waals surface area contributed by atoms with E-state index < -0.39 is 5.03 Å². The summed E-state index contributed by atoms with van der Waals surface area (Å²) in [5, 5.41) is 9.39. The number of nitro groups is 1. The fraction of sp³-hybridized carbons (Fsp3) is 0.375. The molecule has 6 nitrogen and oxygen atoms in total. The van der Waals surface area contributed by atoms with Gasteiger partial charge in [-0.15, -0.1) is 11.3 Å². The molecule has 1 atom stereocenters. The van der Waals surface area contributed by atoms with Crippen LogP contribution in [0, 0.1) is 10.1 Å². The molecular weight excluding hydrogens is 252 g/mol. The average molecular weight is 263 g/mol. The molecule has 0 aliphatic carbocycles. The van der Waals surface area contributed by atoms with E-state index in [2.05, 4.69) is 4.99 Å². The molecule has 0 fully saturated rings. The zero-order valence-electron chi connectivity index (χ0n) is 8.51. The van der Waals surface area contributed by atoms with Gasteiger partial charge in [0.15, 0.2) is 5.03 Å². The van der Waals surface area contributed by atoms with Gasteiger partial charge in [0.05, 0.1) is 10.4 Å². The van der Waals surface area contributed by atoms with E-state index in [1.54, 1.807) is 11.5 Å². The molecule has 16 heavy (non-hydrogen) atoms. The van der Waals surface area contributed by atoms with E-state index in [-0.39, 0.29) is 12.0 Å². The van der Waals surface area contributed by atoms with Crippen LogP contribution in [0.2, 0.25) is 4.34 Å². The first-order chi connectivity index (χ1) is 7.52. The fourth-order valence-corrected chi connectivity index (χ4v) is 2.34. The third-order valence-electron chi connectivity index (χ3n) is 1.81. The van der Waals surface area contributed by atoms with Gasteiger partial charge in [-0.1, -0.05) is 24.0 Å². The third-order valence-corrected chi connectivity index (χ3v) is 3.14. The molecule has 0 bridgehead atoms. The Labute approximate surface area is 101 Å². The SMILES string of the molecule is CCC(N=C(N)N[N+](=O)[O-])c1ccc(Cl)s1. The van der Waals surface area contributed by atoms with E-state index in [1.165, 1.54) is 11.3 Å². The number of rotatable bonds is 4. The summed E-state index contributed by atoms with van der Waals surface area (Å²) < 4.78 is 0.657. The largest absolute Gasteiger partial charge is 0.365 e. The second-order valence-electron chi connectivity index (χ2n) is 2.95. The summed E-state index contributed by atoms with van der Waals surface area (Å²) in [5.74, 6) is -0.207. The van der Waals surface area contributed by atoms with Crippen molar-refractivity contribution in [3.8, 4) is 0 Å². The maximum absolute atomic E-state index is 10.1. The summed E-state index contributed by atoms with van der Waals surface area (Å²) in [6.07, 6.45) is 0.691. The maximum atomic E-state index is 10.1. The lowest BCUT2D eigenvalue weighted by Crippen LogP contribution is -2.36. The lowest BCUT2D eigenvalue weighted by atomic mass is 10.2. The second kappa shape index (κ2) is 5.66. The van der Waals surface area contributed by atoms with Gasteiger partial charge in [0.2, 0.25) is 0 Å². The normalized spacial score (nSPS) is 13.5. The van der Waals surface area contributed by atoms with Gasteiger partial charge in [-0.2, -0.15) is 0 Å². The van der Waals surface area contributed by atoms with Gasteiger partial charge in [-0.05, 0) is 18.6 Å². The van der Waals surface area contributed by atoms with E-state index in [9.17, 15) is 10.1 Å². The van der Waals surface area contributed by atoms with Crippen LogP contribution < -0.4 is 11.2 Å². The van der Waals surface area contributed by atoms with Crippen molar-refractivity contribution in [2.24, 2.45) is 10.7 Å². The molecule has 0 spiro atoms. The third kappa shape index (κ3) is 3.67. The van der Waals surface area contributed by atoms with Crippen LogP contribution in [0.25, 0.3) is 0 Å². The van der Waals surface area contributed by atoms with E-state index in [1.807, 2.05) is 13.0 Å². The number of aliphatic imine (C=N–C) groups is 1. The quantitative estimate of drug-likeness (QED) is 0.375. The van der Waals surface area contributed by atoms with Gasteiger partial charge in [0.25, 0.3) is 5.96 Å². The molecule has 1 aromatic heterocycles. The first-order valence-corrected chi connectivity index (χ1v) is 5.72. The van der Waals surface area contributed by atoms with Crippen LogP contribution in [-0.2, 0) is 0 Å². The molecule has 1 rings (SSSR count). The van der Waals surface area contributed by atoms with Crippen molar-refractivity contribution in [1.82, 2.24) is 5.43 Å². The minimum absolute atomic E-state index is 0.204. The lowest BCUT2D eigenvalue weighted by molar-refractivity contribution is -0.525. The predicted octanol–water partition coefficient (Wildman–Crippen LogP) is 1.95. The van der Waals surface area contributed by atoms with E-state index >= 15 is 0 Å². The van der Waals surface area contributed by atoms with Gasteiger partial charge >= 0.3 is 0 Å². The van der Waals surface area contributed by atoms with Gasteiger partial charge in [0.1, 0.15) is 0 Å². The topological polar surface area (TPSA) is 93.5 Å². The molecule has 1 heterocycles. The summed E-state index contributed by atoms with van der Waals surface area (Å²) in [5.41, 5.74) is 7.17. The van der Waals surface area contributed by atoms with Gasteiger partial charge in [-0.25, -0.2) is 15.1 Å². The average Bonchev–Trinajstić information content (AvgIpc) is 2.60. The van der Waals surface area contributed by atoms with Crippen molar-refractivity contribution in [2.45, 2.75) is 19.4 Å². The van der Waals surface area contributed by atoms with Crippen LogP contribution >= 0.6 is 22.9 Å². The summed E-state index contributed by atoms with van der Waals surface area (Å²) in [7, 11) is 0. The van der Waals surface area contributed by atoms with Crippen molar-refractivity contribution < 1.29 is 5.03 Å². The van der Waals surface area contributed by atoms with Gasteiger partial charge < -0.3 is 5.73 Å². The fourth-order valence-electron chi connectivity index (χ4n) is 1.15. The highest BCUT2D eigenvalue weighted by molar-refractivity contribution is 7.16. The second-order valence-corrected chi connectivity index (χ2v) is 4.70. The number of nitrogens with zero attached hydrogens (tertiary/aromatic N) is 2. The number of thiophene rings is 1. The summed E-state index contributed by atoms with van der Waals surface area (Å²) in [4.78, 5) is 15.1. The van der Waals surface area contributed by atoms with Crippen molar-refractivity contribution >= 4 is 28.9 Å². The maximum Gasteiger partial charge on any atom is 0.252 e. The summed E-state index contributed by atoms with van der Waals surface area (Å²) >= 11 is 7.18. The first kappa shape index (κ1) is 12.7. The van der Waals surface area contributed by atoms with Crippen LogP contribution in [0.1, 0.15) is 24.3 Å². The zero-order chi connectivity index (χ0) is 12.1. The van der Waals surface area contributed by atoms with Crippen molar-refractivity contribution in [1.29, 1.82) is 0 Å². The number of guanidine groups is 1. The Bertz CT molecular complexity index is 406. The molecule has 0 radical (unpaired) electrons. The number of hydrogen-bond donors (Lipinski definition) is 2. The minimum atomic E-state index is -0.743. The van der Waals surface area contributed by atoms with Crippen LogP contribution in [0.4, 0.5) is 0 Å². The van der Waals surface area contributed by atoms with E-state index in [0.717, 1.165) is 4.88 Å². The Morgan fingerprint density at radius 3 is 2.94 bits per heavy atom. The molecule has 0 saturated carbocycles. The predicted molar refractivity (Wildman–Crippen MR) is 64.1 cm³/mol. The molecular formula is C8H11ClN4O2S. The van der Waals surface area contributed by atoms with Crippen LogP contribution in [0.5, 0.6) is 0 Å². The Morgan fingerprint density at radius 1 is 1.81 bits per heavy atom. The molecule has 1 aromatic rings. The van der Waals surface area contributed by atoms with Crippen LogP contribution in [0.15, 0.2) is 17.1 Å². The molecule has 0 aromatic carbocycles. The highest BCUT2D eigenvalue weighted by Crippen LogP contribution is 2.30. The smallest absolute Gasteiger partial charge is 0.252 e. The Kier molecular flexibility index (Phi) is 4.51. The monoisotopic (exact) mass is 262 g/mol. The summed E-state index contributed by atoms with van der Waals surface area (Å²) in [6.45, 7) is 1.92. The lowest BCUT2D eigenvalue weighted by Gasteiger charge is -2.07. The molecule has 1 unspecified atom stereocenters. The standard InChI is InChI=1S/C8H11ClN4O2S/c1-2-5(6-3-4-7(9)16-6)11-8(10)12-13(14)15/h3-5H,2H2,1H3,(H3,10,11,12). The number of nitrogens with two attached hydrogens (primary N) is 1. The summed E-state index contributed by atoms with van der Waals surface area (Å²) in [6, 6.07) is 3.39.